The Labute approximate surface area is 127 Å². The van der Waals surface area contributed by atoms with Crippen LogP contribution in [0.25, 0.3) is 0 Å². The summed E-state index contributed by atoms with van der Waals surface area (Å²) in [6.07, 6.45) is 1.51. The molecule has 0 saturated heterocycles. The fourth-order valence-corrected chi connectivity index (χ4v) is 2.68. The van der Waals surface area contributed by atoms with Gasteiger partial charge >= 0.3 is 0 Å². The van der Waals surface area contributed by atoms with E-state index in [9.17, 15) is 9.90 Å². The molecule has 1 aliphatic rings. The molecule has 1 aliphatic carbocycles. The van der Waals surface area contributed by atoms with E-state index < -0.39 is 0 Å². The van der Waals surface area contributed by atoms with Crippen LogP contribution in [0.15, 0.2) is 29.5 Å². The summed E-state index contributed by atoms with van der Waals surface area (Å²) in [7, 11) is 1.50. The molecule has 0 bridgehead atoms. The highest BCUT2D eigenvalue weighted by atomic mass is 35.5. The zero-order chi connectivity index (χ0) is 14.7. The first kappa shape index (κ1) is 14.8. The topological polar surface area (TPSA) is 58.6 Å². The van der Waals surface area contributed by atoms with E-state index in [0.717, 1.165) is 0 Å². The maximum atomic E-state index is 11.9. The van der Waals surface area contributed by atoms with E-state index in [-0.39, 0.29) is 22.1 Å². The van der Waals surface area contributed by atoms with Crippen molar-refractivity contribution in [3.05, 3.63) is 34.6 Å². The number of nitrogens with one attached hydrogen (secondary N) is 1. The number of aliphatic hydroxyl groups excluding tert-OH is 1. The van der Waals surface area contributed by atoms with Crippen molar-refractivity contribution in [2.24, 2.45) is 0 Å². The van der Waals surface area contributed by atoms with Crippen molar-refractivity contribution < 1.29 is 14.6 Å². The Kier molecular flexibility index (Phi) is 4.62. The number of thiocarbonyl (C=S) groups is 1. The van der Waals surface area contributed by atoms with Crippen molar-refractivity contribution in [2.75, 3.05) is 12.4 Å². The lowest BCUT2D eigenvalue weighted by Gasteiger charge is -2.18. The van der Waals surface area contributed by atoms with Gasteiger partial charge in [0.15, 0.2) is 11.5 Å². The van der Waals surface area contributed by atoms with E-state index in [1.807, 2.05) is 0 Å². The molecule has 0 aliphatic heterocycles. The van der Waals surface area contributed by atoms with E-state index in [0.29, 0.717) is 35.7 Å². The number of Topliss-reactive ketones (excluding diaryl/α,β-unsaturated/α-hetero) is 1. The maximum absolute atomic E-state index is 11.9. The van der Waals surface area contributed by atoms with E-state index >= 15 is 0 Å². The molecular formula is C14H14ClNO3S. The smallest absolute Gasteiger partial charge is 0.169 e. The highest BCUT2D eigenvalue weighted by molar-refractivity contribution is 7.81. The molecule has 1 aromatic rings. The number of ketones is 1. The number of para-hydroxylation sites is 1. The minimum atomic E-state index is -0.146. The first-order valence-electron chi connectivity index (χ1n) is 6.13. The Morgan fingerprint density at radius 2 is 2.20 bits per heavy atom. The third kappa shape index (κ3) is 2.94. The Morgan fingerprint density at radius 1 is 1.45 bits per heavy atom. The van der Waals surface area contributed by atoms with Crippen LogP contribution in [0.3, 0.4) is 0 Å². The van der Waals surface area contributed by atoms with Gasteiger partial charge in [0.25, 0.3) is 0 Å². The molecule has 0 saturated carbocycles. The average Bonchev–Trinajstić information content (AvgIpc) is 2.38. The van der Waals surface area contributed by atoms with Crippen molar-refractivity contribution in [3.63, 3.8) is 0 Å². The average molecular weight is 312 g/mol. The van der Waals surface area contributed by atoms with Crippen molar-refractivity contribution in [2.45, 2.75) is 19.3 Å². The Bertz CT molecular complexity index is 598. The molecule has 0 fully saturated rings. The van der Waals surface area contributed by atoms with Gasteiger partial charge in [-0.15, -0.1) is 0 Å². The highest BCUT2D eigenvalue weighted by Gasteiger charge is 2.24. The minimum absolute atomic E-state index is 0.0414. The van der Waals surface area contributed by atoms with Crippen LogP contribution < -0.4 is 10.1 Å². The molecule has 0 spiro atoms. The quantitative estimate of drug-likeness (QED) is 0.834. The number of hydrogen-bond donors (Lipinski definition) is 2. The first-order valence-corrected chi connectivity index (χ1v) is 6.92. The summed E-state index contributed by atoms with van der Waals surface area (Å²) < 4.78 is 5.20. The summed E-state index contributed by atoms with van der Waals surface area (Å²) in [6.45, 7) is 0. The van der Waals surface area contributed by atoms with Gasteiger partial charge in [0.1, 0.15) is 10.7 Å². The van der Waals surface area contributed by atoms with Crippen LogP contribution in [-0.4, -0.2) is 23.0 Å². The van der Waals surface area contributed by atoms with Crippen LogP contribution in [0.5, 0.6) is 5.75 Å². The Morgan fingerprint density at radius 3 is 2.85 bits per heavy atom. The molecule has 0 amide bonds. The molecule has 0 unspecified atom stereocenters. The standard InChI is InChI=1S/C14H14ClNO3S/c1-19-13-8(15)4-2-5-9(13)16-14(20)12-10(17)6-3-7-11(12)18/h2,4-5,17H,3,6-7H2,1H3,(H,16,20). The van der Waals surface area contributed by atoms with Crippen LogP contribution in [0.2, 0.25) is 5.02 Å². The summed E-state index contributed by atoms with van der Waals surface area (Å²) in [5.41, 5.74) is 0.747. The van der Waals surface area contributed by atoms with Crippen molar-refractivity contribution >= 4 is 40.3 Å². The Hall–Kier alpha value is -1.59. The lowest BCUT2D eigenvalue weighted by Crippen LogP contribution is -2.23. The summed E-state index contributed by atoms with van der Waals surface area (Å²) in [5.74, 6) is 0.340. The second kappa shape index (κ2) is 6.24. The first-order chi connectivity index (χ1) is 9.54. The number of halogens is 1. The molecule has 2 rings (SSSR count). The normalized spacial score (nSPS) is 15.2. The third-order valence-corrected chi connectivity index (χ3v) is 3.64. The largest absolute Gasteiger partial charge is 0.511 e. The van der Waals surface area contributed by atoms with Gasteiger partial charge in [-0.25, -0.2) is 0 Å². The van der Waals surface area contributed by atoms with Crippen molar-refractivity contribution in [3.8, 4) is 5.75 Å². The summed E-state index contributed by atoms with van der Waals surface area (Å²) in [6, 6.07) is 5.17. The molecule has 6 heteroatoms. The van der Waals surface area contributed by atoms with E-state index in [1.165, 1.54) is 7.11 Å². The minimum Gasteiger partial charge on any atom is -0.511 e. The summed E-state index contributed by atoms with van der Waals surface area (Å²) in [5, 5.41) is 13.2. The second-order valence-corrected chi connectivity index (χ2v) is 5.19. The van der Waals surface area contributed by atoms with Gasteiger partial charge in [-0.1, -0.05) is 29.9 Å². The molecule has 4 nitrogen and oxygen atoms in total. The van der Waals surface area contributed by atoms with Gasteiger partial charge in [0.2, 0.25) is 0 Å². The number of carbonyl (C=O) groups excluding carboxylic acids is 1. The lowest BCUT2D eigenvalue weighted by atomic mass is 9.96. The van der Waals surface area contributed by atoms with E-state index in [1.54, 1.807) is 18.2 Å². The van der Waals surface area contributed by atoms with E-state index in [2.05, 4.69) is 5.32 Å². The van der Waals surface area contributed by atoms with Gasteiger partial charge in [-0.2, -0.15) is 0 Å². The highest BCUT2D eigenvalue weighted by Crippen LogP contribution is 2.33. The van der Waals surface area contributed by atoms with Crippen LogP contribution in [0.4, 0.5) is 5.69 Å². The van der Waals surface area contributed by atoms with Crippen LogP contribution >= 0.6 is 23.8 Å². The molecule has 0 aromatic heterocycles. The van der Waals surface area contributed by atoms with Crippen LogP contribution in [0.1, 0.15) is 19.3 Å². The van der Waals surface area contributed by atoms with Crippen LogP contribution in [-0.2, 0) is 4.79 Å². The number of aliphatic hydroxyl groups is 1. The Balaban J connectivity index is 2.29. The SMILES string of the molecule is COc1c(Cl)cccc1NC(=S)C1=C(O)CCCC1=O. The number of hydrogen-bond acceptors (Lipinski definition) is 4. The van der Waals surface area contributed by atoms with Gasteiger partial charge in [0, 0.05) is 12.8 Å². The molecule has 0 radical (unpaired) electrons. The number of benzene rings is 1. The fraction of sp³-hybridized carbons (Fsp3) is 0.286. The molecule has 20 heavy (non-hydrogen) atoms. The molecule has 0 atom stereocenters. The number of methoxy groups -OCH3 is 1. The molecular weight excluding hydrogens is 298 g/mol. The number of allylic oxidation sites excluding steroid dienone is 1. The lowest BCUT2D eigenvalue weighted by molar-refractivity contribution is -0.115. The third-order valence-electron chi connectivity index (χ3n) is 3.03. The number of ether oxygens (including phenoxy) is 1. The predicted octanol–water partition coefficient (Wildman–Crippen LogP) is 3.65. The van der Waals surface area contributed by atoms with Crippen molar-refractivity contribution in [1.82, 2.24) is 0 Å². The van der Waals surface area contributed by atoms with Crippen molar-refractivity contribution in [1.29, 1.82) is 0 Å². The van der Waals surface area contributed by atoms with Gasteiger partial charge in [-0.05, 0) is 18.6 Å². The molecule has 0 heterocycles. The number of rotatable bonds is 3. The maximum Gasteiger partial charge on any atom is 0.169 e. The zero-order valence-corrected chi connectivity index (χ0v) is 12.5. The number of anilines is 1. The summed E-state index contributed by atoms with van der Waals surface area (Å²) in [4.78, 5) is 12.0. The predicted molar refractivity (Wildman–Crippen MR) is 82.7 cm³/mol. The zero-order valence-electron chi connectivity index (χ0n) is 10.9. The summed E-state index contributed by atoms with van der Waals surface area (Å²) >= 11 is 11.2. The van der Waals surface area contributed by atoms with E-state index in [4.69, 9.17) is 28.6 Å². The molecule has 2 N–H and O–H groups in total. The molecule has 1 aromatic carbocycles. The second-order valence-electron chi connectivity index (χ2n) is 4.37. The van der Waals surface area contributed by atoms with Gasteiger partial charge in [0.05, 0.1) is 23.4 Å². The number of carbonyl (C=O) groups is 1. The van der Waals surface area contributed by atoms with Crippen LogP contribution in [0, 0.1) is 0 Å². The van der Waals surface area contributed by atoms with Gasteiger partial charge in [-0.3, -0.25) is 4.79 Å². The van der Waals surface area contributed by atoms with Gasteiger partial charge < -0.3 is 15.2 Å². The fourth-order valence-electron chi connectivity index (χ4n) is 2.08. The molecule has 106 valence electrons. The monoisotopic (exact) mass is 311 g/mol.